The molecule has 1 aliphatic rings. The molecule has 1 heterocycles. The molecule has 0 fully saturated rings. The Bertz CT molecular complexity index is 1020. The Kier molecular flexibility index (Phi) is 4.56. The maximum absolute atomic E-state index is 11.1. The molecule has 1 atom stereocenters. The minimum Gasteiger partial charge on any atom is -0.357 e. The molecule has 0 aromatic heterocycles. The van der Waals surface area contributed by atoms with Gasteiger partial charge >= 0.3 is 0 Å². The van der Waals surface area contributed by atoms with E-state index in [-0.39, 0.29) is 0 Å². The fourth-order valence-electron chi connectivity index (χ4n) is 2.90. The molecule has 26 heavy (non-hydrogen) atoms. The Morgan fingerprint density at radius 3 is 1.81 bits per heavy atom. The molecule has 5 heteroatoms. The normalized spacial score (nSPS) is 19.7. The van der Waals surface area contributed by atoms with Crippen molar-refractivity contribution in [1.29, 1.82) is 0 Å². The molecule has 0 radical (unpaired) electrons. The van der Waals surface area contributed by atoms with Gasteiger partial charge in [0.2, 0.25) is 0 Å². The van der Waals surface area contributed by atoms with Crippen molar-refractivity contribution in [2.75, 3.05) is 5.01 Å². The van der Waals surface area contributed by atoms with E-state index in [4.69, 9.17) is 16.9 Å². The number of nitrogens with zero attached hydrogens (tertiary/aromatic N) is 2. The van der Waals surface area contributed by atoms with Crippen molar-refractivity contribution >= 4 is 34.9 Å². The highest BCUT2D eigenvalue weighted by Crippen LogP contribution is 2.53. The van der Waals surface area contributed by atoms with E-state index in [2.05, 4.69) is 0 Å². The number of hydrogen-bond acceptors (Lipinski definition) is 3. The second kappa shape index (κ2) is 7.00. The fraction of sp³-hybridized carbons (Fsp3) is 0. The Balaban J connectivity index is 1.90. The van der Waals surface area contributed by atoms with Crippen LogP contribution in [0.3, 0.4) is 0 Å². The summed E-state index contributed by atoms with van der Waals surface area (Å²) in [6.07, 6.45) is -2.92. The van der Waals surface area contributed by atoms with Crippen LogP contribution in [0.1, 0.15) is 11.1 Å². The van der Waals surface area contributed by atoms with Gasteiger partial charge in [-0.1, -0.05) is 90.7 Å². The maximum Gasteiger partial charge on any atom is 0.136 e. The minimum absolute atomic E-state index is 0.552. The summed E-state index contributed by atoms with van der Waals surface area (Å²) < 4.78 is 0. The summed E-state index contributed by atoms with van der Waals surface area (Å²) in [5.74, 6) is 1.81. The van der Waals surface area contributed by atoms with E-state index in [9.17, 15) is 4.89 Å². The van der Waals surface area contributed by atoms with Gasteiger partial charge in [0, 0.05) is 16.9 Å². The predicted molar refractivity (Wildman–Crippen MR) is 113 cm³/mol. The van der Waals surface area contributed by atoms with Gasteiger partial charge < -0.3 is 4.89 Å². The molecule has 1 unspecified atom stereocenters. The molecule has 0 spiro atoms. The molecule has 0 saturated carbocycles. The van der Waals surface area contributed by atoms with Crippen LogP contribution in [0.15, 0.2) is 102 Å². The maximum atomic E-state index is 11.1. The zero-order chi connectivity index (χ0) is 18.0. The van der Waals surface area contributed by atoms with E-state index >= 15 is 0 Å². The lowest BCUT2D eigenvalue weighted by molar-refractivity contribution is 0.643. The molecule has 1 aliphatic heterocycles. The van der Waals surface area contributed by atoms with Crippen LogP contribution in [-0.2, 0) is 11.8 Å². The van der Waals surface area contributed by atoms with Gasteiger partial charge in [-0.25, -0.2) is 5.01 Å². The Morgan fingerprint density at radius 2 is 1.23 bits per heavy atom. The summed E-state index contributed by atoms with van der Waals surface area (Å²) in [4.78, 5) is 11.1. The van der Waals surface area contributed by atoms with Gasteiger partial charge in [-0.3, -0.25) is 0 Å². The molecule has 0 aliphatic carbocycles. The van der Waals surface area contributed by atoms with Crippen molar-refractivity contribution in [2.24, 2.45) is 5.10 Å². The number of para-hydroxylation sites is 1. The second-order valence-electron chi connectivity index (χ2n) is 5.94. The van der Waals surface area contributed by atoms with Crippen LogP contribution in [-0.4, -0.2) is 10.3 Å². The number of anilines is 1. The third kappa shape index (κ3) is 3.27. The van der Waals surface area contributed by atoms with E-state index in [0.717, 1.165) is 22.5 Å². The SMILES string of the molecule is OP1(=S)C=C(c2ccccc2)N(c2ccccc2)N=C1c1ccccc1. The first-order chi connectivity index (χ1) is 12.6. The first-order valence-corrected chi connectivity index (χ1v) is 11.1. The van der Waals surface area contributed by atoms with E-state index in [1.165, 1.54) is 0 Å². The summed E-state index contributed by atoms with van der Waals surface area (Å²) in [6.45, 7) is 0. The van der Waals surface area contributed by atoms with Crippen molar-refractivity contribution in [3.63, 3.8) is 0 Å². The standard InChI is InChI=1S/C21H17N2OPS/c24-25(26)16-20(17-10-4-1-5-11-17)23(19-14-8-3-9-15-19)22-21(25)18-12-6-2-7-13-18/h1-16H,(H,24,26). The van der Waals surface area contributed by atoms with Gasteiger partial charge in [0.15, 0.2) is 0 Å². The van der Waals surface area contributed by atoms with Crippen LogP contribution >= 0.6 is 6.26 Å². The van der Waals surface area contributed by atoms with E-state index < -0.39 is 6.26 Å². The van der Waals surface area contributed by atoms with Crippen LogP contribution in [0.2, 0.25) is 0 Å². The number of benzene rings is 3. The van der Waals surface area contributed by atoms with Crippen molar-refractivity contribution in [3.8, 4) is 0 Å². The highest BCUT2D eigenvalue weighted by molar-refractivity contribution is 8.21. The molecule has 0 amide bonds. The monoisotopic (exact) mass is 376 g/mol. The second-order valence-corrected chi connectivity index (χ2v) is 9.54. The van der Waals surface area contributed by atoms with E-state index in [1.807, 2.05) is 96.0 Å². The molecule has 0 saturated heterocycles. The lowest BCUT2D eigenvalue weighted by atomic mass is 10.1. The Morgan fingerprint density at radius 1 is 0.731 bits per heavy atom. The van der Waals surface area contributed by atoms with Gasteiger partial charge in [0.05, 0.1) is 11.4 Å². The van der Waals surface area contributed by atoms with Gasteiger partial charge in [-0.2, -0.15) is 5.10 Å². The van der Waals surface area contributed by atoms with Crippen molar-refractivity contribution < 1.29 is 4.89 Å². The number of hydrogen-bond donors (Lipinski definition) is 1. The molecule has 3 aromatic carbocycles. The molecule has 1 N–H and O–H groups in total. The molecule has 3 nitrogen and oxygen atoms in total. The quantitative estimate of drug-likeness (QED) is 0.634. The van der Waals surface area contributed by atoms with Crippen LogP contribution in [0.25, 0.3) is 5.70 Å². The van der Waals surface area contributed by atoms with Crippen molar-refractivity contribution in [2.45, 2.75) is 0 Å². The summed E-state index contributed by atoms with van der Waals surface area (Å²) in [6, 6.07) is 29.5. The zero-order valence-electron chi connectivity index (χ0n) is 13.9. The lowest BCUT2D eigenvalue weighted by Gasteiger charge is -2.31. The lowest BCUT2D eigenvalue weighted by Crippen LogP contribution is -2.22. The van der Waals surface area contributed by atoms with Crippen LogP contribution in [0.5, 0.6) is 0 Å². The third-order valence-corrected chi connectivity index (χ3v) is 6.51. The van der Waals surface area contributed by atoms with Crippen LogP contribution < -0.4 is 5.01 Å². The largest absolute Gasteiger partial charge is 0.357 e. The summed E-state index contributed by atoms with van der Waals surface area (Å²) in [5, 5.41) is 6.67. The molecule has 128 valence electrons. The highest BCUT2D eigenvalue weighted by Gasteiger charge is 2.30. The van der Waals surface area contributed by atoms with Crippen molar-refractivity contribution in [3.05, 3.63) is 108 Å². The van der Waals surface area contributed by atoms with E-state index in [0.29, 0.717) is 5.45 Å². The van der Waals surface area contributed by atoms with Gasteiger partial charge in [-0.15, -0.1) is 0 Å². The van der Waals surface area contributed by atoms with Gasteiger partial charge in [0.25, 0.3) is 0 Å². The minimum atomic E-state index is -2.92. The Labute approximate surface area is 158 Å². The highest BCUT2D eigenvalue weighted by atomic mass is 32.4. The predicted octanol–water partition coefficient (Wildman–Crippen LogP) is 5.25. The smallest absolute Gasteiger partial charge is 0.136 e. The van der Waals surface area contributed by atoms with Crippen LogP contribution in [0.4, 0.5) is 5.69 Å². The zero-order valence-corrected chi connectivity index (χ0v) is 15.6. The number of rotatable bonds is 3. The molecular formula is C21H17N2OPS. The first kappa shape index (κ1) is 16.9. The molecule has 3 aromatic rings. The summed E-state index contributed by atoms with van der Waals surface area (Å²) in [5.41, 5.74) is 4.10. The fourth-order valence-corrected chi connectivity index (χ4v) is 5.07. The van der Waals surface area contributed by atoms with Crippen LogP contribution in [0, 0.1) is 0 Å². The molecular weight excluding hydrogens is 359 g/mol. The summed E-state index contributed by atoms with van der Waals surface area (Å²) >= 11 is 5.61. The van der Waals surface area contributed by atoms with Crippen molar-refractivity contribution in [1.82, 2.24) is 0 Å². The van der Waals surface area contributed by atoms with Gasteiger partial charge in [-0.05, 0) is 12.1 Å². The average molecular weight is 376 g/mol. The van der Waals surface area contributed by atoms with Gasteiger partial charge in [0.1, 0.15) is 11.7 Å². The van der Waals surface area contributed by atoms with E-state index in [1.54, 1.807) is 5.82 Å². The average Bonchev–Trinajstić information content (AvgIpc) is 2.69. The number of hydrazone groups is 1. The third-order valence-electron chi connectivity index (χ3n) is 4.13. The molecule has 4 rings (SSSR count). The molecule has 0 bridgehead atoms. The summed E-state index contributed by atoms with van der Waals surface area (Å²) in [7, 11) is 0. The Hall–Kier alpha value is -2.52. The first-order valence-electron chi connectivity index (χ1n) is 8.26. The topological polar surface area (TPSA) is 35.8 Å².